The molecule has 98 valence electrons. The van der Waals surface area contributed by atoms with Crippen LogP contribution in [-0.4, -0.2) is 23.5 Å². The Kier molecular flexibility index (Phi) is 4.97. The van der Waals surface area contributed by atoms with E-state index in [4.69, 9.17) is 22.4 Å². The lowest BCUT2D eigenvalue weighted by Gasteiger charge is -2.08. The molecule has 0 heterocycles. The number of benzene rings is 1. The number of nitrogens with two attached hydrogens (primary N) is 1. The number of carboxylic acid groups (broad SMARTS) is 1. The number of amides is 1. The predicted octanol–water partition coefficient (Wildman–Crippen LogP) is 1.76. The van der Waals surface area contributed by atoms with Gasteiger partial charge in [0.15, 0.2) is 0 Å². The van der Waals surface area contributed by atoms with Gasteiger partial charge in [0.1, 0.15) is 0 Å². The fourth-order valence-electron chi connectivity index (χ4n) is 1.37. The van der Waals surface area contributed by atoms with Gasteiger partial charge < -0.3 is 16.2 Å². The van der Waals surface area contributed by atoms with E-state index in [1.54, 1.807) is 13.0 Å². The summed E-state index contributed by atoms with van der Waals surface area (Å²) in [6.07, 6.45) is 0.372. The predicted molar refractivity (Wildman–Crippen MR) is 69.6 cm³/mol. The van der Waals surface area contributed by atoms with E-state index in [2.05, 4.69) is 5.32 Å². The molecule has 1 rings (SSSR count). The summed E-state index contributed by atoms with van der Waals surface area (Å²) in [7, 11) is 0. The summed E-state index contributed by atoms with van der Waals surface area (Å²) < 4.78 is 0. The third kappa shape index (κ3) is 4.25. The Labute approximate surface area is 110 Å². The second-order valence-electron chi connectivity index (χ2n) is 4.06. The molecular weight excluding hydrogens is 256 g/mol. The quantitative estimate of drug-likeness (QED) is 0.711. The second-order valence-corrected chi connectivity index (χ2v) is 4.49. The Bertz CT molecular complexity index is 442. The van der Waals surface area contributed by atoms with E-state index >= 15 is 0 Å². The van der Waals surface area contributed by atoms with Crippen LogP contribution in [0.4, 0.5) is 5.69 Å². The highest BCUT2D eigenvalue weighted by Crippen LogP contribution is 2.16. The highest BCUT2D eigenvalue weighted by atomic mass is 35.5. The zero-order valence-corrected chi connectivity index (χ0v) is 10.7. The fraction of sp³-hybridized carbons (Fsp3) is 0.333. The summed E-state index contributed by atoms with van der Waals surface area (Å²) in [5.74, 6) is -1.69. The van der Waals surface area contributed by atoms with Gasteiger partial charge in [-0.15, -0.1) is 0 Å². The van der Waals surface area contributed by atoms with Crippen molar-refractivity contribution < 1.29 is 14.7 Å². The van der Waals surface area contributed by atoms with Gasteiger partial charge in [0, 0.05) is 22.8 Å². The highest BCUT2D eigenvalue weighted by molar-refractivity contribution is 6.31. The van der Waals surface area contributed by atoms with E-state index in [0.717, 1.165) is 0 Å². The molecule has 0 spiro atoms. The maximum Gasteiger partial charge on any atom is 0.306 e. The van der Waals surface area contributed by atoms with Crippen LogP contribution in [-0.2, 0) is 4.79 Å². The Morgan fingerprint density at radius 2 is 2.11 bits per heavy atom. The molecule has 1 amide bonds. The van der Waals surface area contributed by atoms with Crippen LogP contribution in [0.3, 0.4) is 0 Å². The molecule has 1 atom stereocenters. The molecule has 5 nitrogen and oxygen atoms in total. The molecule has 6 heteroatoms. The Morgan fingerprint density at radius 1 is 1.44 bits per heavy atom. The van der Waals surface area contributed by atoms with Crippen molar-refractivity contribution in [2.24, 2.45) is 5.92 Å². The lowest BCUT2D eigenvalue weighted by atomic mass is 10.1. The first-order valence-electron chi connectivity index (χ1n) is 5.47. The van der Waals surface area contributed by atoms with Crippen molar-refractivity contribution in [2.75, 3.05) is 12.3 Å². The number of carboxylic acids is 1. The molecule has 1 aromatic carbocycles. The molecule has 18 heavy (non-hydrogen) atoms. The number of aliphatic carboxylic acids is 1. The van der Waals surface area contributed by atoms with Gasteiger partial charge in [-0.25, -0.2) is 0 Å². The van der Waals surface area contributed by atoms with Crippen LogP contribution < -0.4 is 11.1 Å². The van der Waals surface area contributed by atoms with Crippen molar-refractivity contribution in [2.45, 2.75) is 13.3 Å². The van der Waals surface area contributed by atoms with Crippen LogP contribution >= 0.6 is 11.6 Å². The minimum Gasteiger partial charge on any atom is -0.481 e. The maximum absolute atomic E-state index is 11.7. The van der Waals surface area contributed by atoms with Gasteiger partial charge in [-0.3, -0.25) is 9.59 Å². The van der Waals surface area contributed by atoms with Crippen LogP contribution in [0, 0.1) is 5.92 Å². The van der Waals surface area contributed by atoms with Crippen molar-refractivity contribution >= 4 is 29.2 Å². The average Bonchev–Trinajstić information content (AvgIpc) is 2.27. The standard InChI is InChI=1S/C12H15ClN2O3/c1-7(12(17)18)2-3-15-11(16)8-4-9(13)6-10(14)5-8/h4-7H,2-3,14H2,1H3,(H,15,16)(H,17,18). The third-order valence-corrected chi connectivity index (χ3v) is 2.68. The molecule has 1 unspecified atom stereocenters. The van der Waals surface area contributed by atoms with E-state index in [1.165, 1.54) is 12.1 Å². The molecule has 0 saturated carbocycles. The third-order valence-electron chi connectivity index (χ3n) is 2.47. The minimum atomic E-state index is -0.878. The molecule has 0 fully saturated rings. The summed E-state index contributed by atoms with van der Waals surface area (Å²) in [6.45, 7) is 1.88. The van der Waals surface area contributed by atoms with E-state index in [0.29, 0.717) is 29.2 Å². The number of carbonyl (C=O) groups is 2. The number of anilines is 1. The number of nitrogen functional groups attached to an aromatic ring is 1. The van der Waals surface area contributed by atoms with Gasteiger partial charge in [0.2, 0.25) is 0 Å². The van der Waals surface area contributed by atoms with Gasteiger partial charge in [0.25, 0.3) is 5.91 Å². The molecule has 0 aromatic heterocycles. The van der Waals surface area contributed by atoms with Gasteiger partial charge in [0.05, 0.1) is 5.92 Å². The first-order chi connectivity index (χ1) is 8.40. The smallest absolute Gasteiger partial charge is 0.306 e. The number of rotatable bonds is 5. The van der Waals surface area contributed by atoms with Crippen molar-refractivity contribution in [1.82, 2.24) is 5.32 Å². The highest BCUT2D eigenvalue weighted by Gasteiger charge is 2.12. The number of nitrogens with one attached hydrogen (secondary N) is 1. The molecule has 0 aliphatic carbocycles. The molecule has 0 aliphatic rings. The zero-order chi connectivity index (χ0) is 13.7. The monoisotopic (exact) mass is 270 g/mol. The first-order valence-corrected chi connectivity index (χ1v) is 5.85. The van der Waals surface area contributed by atoms with Crippen molar-refractivity contribution in [3.8, 4) is 0 Å². The van der Waals surface area contributed by atoms with E-state index in [1.807, 2.05) is 0 Å². The van der Waals surface area contributed by atoms with Gasteiger partial charge in [-0.1, -0.05) is 18.5 Å². The van der Waals surface area contributed by atoms with Crippen molar-refractivity contribution in [3.05, 3.63) is 28.8 Å². The van der Waals surface area contributed by atoms with Crippen LogP contribution in [0.1, 0.15) is 23.7 Å². The lowest BCUT2D eigenvalue weighted by molar-refractivity contribution is -0.141. The second kappa shape index (κ2) is 6.26. The number of hydrogen-bond acceptors (Lipinski definition) is 3. The summed E-state index contributed by atoms with van der Waals surface area (Å²) in [6, 6.07) is 4.57. The molecule has 0 saturated heterocycles. The Hall–Kier alpha value is -1.75. The zero-order valence-electron chi connectivity index (χ0n) is 9.94. The SMILES string of the molecule is CC(CCNC(=O)c1cc(N)cc(Cl)c1)C(=O)O. The molecular formula is C12H15ClN2O3. The van der Waals surface area contributed by atoms with E-state index in [-0.39, 0.29) is 5.91 Å². The fourth-order valence-corrected chi connectivity index (χ4v) is 1.61. The van der Waals surface area contributed by atoms with Crippen molar-refractivity contribution in [1.29, 1.82) is 0 Å². The average molecular weight is 271 g/mol. The number of hydrogen-bond donors (Lipinski definition) is 3. The molecule has 0 radical (unpaired) electrons. The van der Waals surface area contributed by atoms with E-state index < -0.39 is 11.9 Å². The Balaban J connectivity index is 2.53. The van der Waals surface area contributed by atoms with Crippen LogP contribution in [0.5, 0.6) is 0 Å². The van der Waals surface area contributed by atoms with Gasteiger partial charge >= 0.3 is 5.97 Å². The number of halogens is 1. The Morgan fingerprint density at radius 3 is 2.67 bits per heavy atom. The topological polar surface area (TPSA) is 92.4 Å². The van der Waals surface area contributed by atoms with Crippen LogP contribution in [0.25, 0.3) is 0 Å². The maximum atomic E-state index is 11.7. The van der Waals surface area contributed by atoms with Gasteiger partial charge in [-0.05, 0) is 24.6 Å². The minimum absolute atomic E-state index is 0.290. The molecule has 0 aliphatic heterocycles. The lowest BCUT2D eigenvalue weighted by Crippen LogP contribution is -2.27. The molecule has 4 N–H and O–H groups in total. The first kappa shape index (κ1) is 14.3. The summed E-state index contributed by atoms with van der Waals surface area (Å²) in [5, 5.41) is 11.7. The summed E-state index contributed by atoms with van der Waals surface area (Å²) >= 11 is 5.78. The largest absolute Gasteiger partial charge is 0.481 e. The summed E-state index contributed by atoms with van der Waals surface area (Å²) in [4.78, 5) is 22.3. The van der Waals surface area contributed by atoms with Gasteiger partial charge in [-0.2, -0.15) is 0 Å². The number of carbonyl (C=O) groups excluding carboxylic acids is 1. The summed E-state index contributed by atoms with van der Waals surface area (Å²) in [5.41, 5.74) is 6.34. The van der Waals surface area contributed by atoms with Crippen molar-refractivity contribution in [3.63, 3.8) is 0 Å². The molecule has 0 bridgehead atoms. The molecule has 1 aromatic rings. The van der Waals surface area contributed by atoms with Crippen LogP contribution in [0.2, 0.25) is 5.02 Å². The van der Waals surface area contributed by atoms with Crippen LogP contribution in [0.15, 0.2) is 18.2 Å². The van der Waals surface area contributed by atoms with E-state index in [9.17, 15) is 9.59 Å². The normalized spacial score (nSPS) is 11.9.